The zero-order valence-corrected chi connectivity index (χ0v) is 56.1. The number of nitrogens with two attached hydrogens (primary N) is 7. The van der Waals surface area contributed by atoms with Crippen LogP contribution in [0.2, 0.25) is 0 Å². The Morgan fingerprint density at radius 1 is 0.398 bits per heavy atom. The molecule has 0 radical (unpaired) electrons. The van der Waals surface area contributed by atoms with Crippen LogP contribution in [0, 0.1) is 11.8 Å². The number of carbonyl (C=O) groups is 13. The van der Waals surface area contributed by atoms with E-state index in [0.717, 1.165) is 0 Å². The van der Waals surface area contributed by atoms with Crippen molar-refractivity contribution in [1.82, 2.24) is 58.5 Å². The molecule has 0 saturated carbocycles. The largest absolute Gasteiger partial charge is 0.481 e. The van der Waals surface area contributed by atoms with Gasteiger partial charge in [0, 0.05) is 32.5 Å². The predicted octanol–water partition coefficient (Wildman–Crippen LogP) is -5.75. The lowest BCUT2D eigenvalue weighted by molar-refractivity contribution is -0.142. The minimum absolute atomic E-state index is 0.0162. The Kier molecular flexibility index (Phi) is 37.6. The number of carboxylic acid groups (broad SMARTS) is 2. The fraction of sp³-hybridized carbons (Fsp3) is 0.548. The number of carboxylic acids is 2. The SMILES string of the molecule is CC[C@H](C)[C@H](NC(=O)[C@H](CCCN=C(N)N)NC(=O)[C@H](CC(=O)O)NC(=O)[C@@H](NC(=O)[C@H](CCCN=C(N)N)NC(=O)CNC(=O)[C@H](C)NC(=O)[C@H](Cc1ccccc1)NC(=O)[C@H](CCCN=C(N)N)NC(=O)[C@H](Cc1ccccc1)NC(=O)[C@H](C)N)[C@@H](C)CC)C(=O)NCC(=O)O. The molecule has 98 heavy (non-hydrogen) atoms. The van der Waals surface area contributed by atoms with Gasteiger partial charge in [0.05, 0.1) is 19.0 Å². The number of hydrogen-bond donors (Lipinski definition) is 20. The first-order valence-corrected chi connectivity index (χ1v) is 32.0. The summed E-state index contributed by atoms with van der Waals surface area (Å²) in [6.45, 7) is 7.69. The third kappa shape index (κ3) is 32.6. The Hall–Kier alpha value is -10.7. The lowest BCUT2D eigenvalue weighted by atomic mass is 9.96. The molecule has 0 bridgehead atoms. The summed E-state index contributed by atoms with van der Waals surface area (Å²) in [5.41, 5.74) is 40.1. The van der Waals surface area contributed by atoms with E-state index in [1.807, 2.05) is 0 Å². The highest BCUT2D eigenvalue weighted by atomic mass is 16.4. The zero-order chi connectivity index (χ0) is 73.6. The molecule has 2 aromatic carbocycles. The number of guanidine groups is 3. The number of aliphatic carboxylic acids is 2. The molecule has 2 aromatic rings. The number of aliphatic imine (C=N–C) groups is 3. The van der Waals surface area contributed by atoms with Crippen LogP contribution in [-0.4, -0.2) is 198 Å². The van der Waals surface area contributed by atoms with Crippen LogP contribution in [0.15, 0.2) is 75.6 Å². The van der Waals surface area contributed by atoms with Gasteiger partial charge in [0.1, 0.15) is 60.9 Å². The molecular weight excluding hydrogens is 1280 g/mol. The van der Waals surface area contributed by atoms with Crippen LogP contribution in [0.1, 0.15) is 110 Å². The molecule has 11 amide bonds. The van der Waals surface area contributed by atoms with Crippen LogP contribution < -0.4 is 98.6 Å². The molecule has 0 aliphatic carbocycles. The highest BCUT2D eigenvalue weighted by Crippen LogP contribution is 2.14. The van der Waals surface area contributed by atoms with Gasteiger partial charge in [0.15, 0.2) is 17.9 Å². The highest BCUT2D eigenvalue weighted by molar-refractivity contribution is 5.99. The van der Waals surface area contributed by atoms with E-state index in [-0.39, 0.29) is 95.3 Å². The lowest BCUT2D eigenvalue weighted by Gasteiger charge is -2.29. The van der Waals surface area contributed by atoms with E-state index in [1.165, 1.54) is 13.8 Å². The quantitative estimate of drug-likeness (QED) is 0.0167. The maximum Gasteiger partial charge on any atom is 0.322 e. The van der Waals surface area contributed by atoms with Crippen LogP contribution in [0.5, 0.6) is 0 Å². The van der Waals surface area contributed by atoms with E-state index in [1.54, 1.807) is 88.4 Å². The van der Waals surface area contributed by atoms with Gasteiger partial charge in [-0.05, 0) is 75.3 Å². The summed E-state index contributed by atoms with van der Waals surface area (Å²) < 4.78 is 0. The molecule has 542 valence electrons. The Morgan fingerprint density at radius 3 is 1.14 bits per heavy atom. The number of nitrogens with zero attached hydrogens (tertiary/aromatic N) is 3. The number of hydrogen-bond acceptors (Lipinski definition) is 17. The molecule has 12 atom stereocenters. The van der Waals surface area contributed by atoms with Crippen LogP contribution in [0.3, 0.4) is 0 Å². The monoisotopic (exact) mass is 1380 g/mol. The minimum Gasteiger partial charge on any atom is -0.481 e. The lowest BCUT2D eigenvalue weighted by Crippen LogP contribution is -2.61. The van der Waals surface area contributed by atoms with Crippen molar-refractivity contribution in [2.24, 2.45) is 66.9 Å². The molecule has 36 heteroatoms. The predicted molar refractivity (Wildman–Crippen MR) is 362 cm³/mol. The summed E-state index contributed by atoms with van der Waals surface area (Å²) in [4.78, 5) is 188. The first-order chi connectivity index (χ1) is 46.3. The van der Waals surface area contributed by atoms with Gasteiger partial charge in [0.25, 0.3) is 0 Å². The Labute approximate surface area is 568 Å². The smallest absolute Gasteiger partial charge is 0.322 e. The number of nitrogens with one attached hydrogen (secondary N) is 11. The molecule has 0 aromatic heterocycles. The first-order valence-electron chi connectivity index (χ1n) is 32.0. The van der Waals surface area contributed by atoms with Gasteiger partial charge in [-0.3, -0.25) is 77.3 Å². The van der Waals surface area contributed by atoms with Crippen molar-refractivity contribution in [2.45, 2.75) is 173 Å². The number of amides is 11. The maximum absolute atomic E-state index is 14.3. The van der Waals surface area contributed by atoms with Gasteiger partial charge in [0.2, 0.25) is 65.0 Å². The summed E-state index contributed by atoms with van der Waals surface area (Å²) in [6.07, 6.45) is -0.756. The summed E-state index contributed by atoms with van der Waals surface area (Å²) in [7, 11) is 0. The second-order valence-electron chi connectivity index (χ2n) is 23.3. The summed E-state index contributed by atoms with van der Waals surface area (Å²) in [5.74, 6) is -14.9. The molecule has 2 rings (SSSR count). The van der Waals surface area contributed by atoms with Crippen molar-refractivity contribution < 1.29 is 72.5 Å². The average molecular weight is 1380 g/mol. The molecule has 0 aliphatic heterocycles. The molecule has 27 N–H and O–H groups in total. The van der Waals surface area contributed by atoms with Crippen molar-refractivity contribution in [3.63, 3.8) is 0 Å². The van der Waals surface area contributed by atoms with Gasteiger partial charge in [-0.1, -0.05) is 101 Å². The average Bonchev–Trinajstić information content (AvgIpc) is 0.896. The molecule has 0 heterocycles. The summed E-state index contributed by atoms with van der Waals surface area (Å²) in [5, 5.41) is 46.6. The standard InChI is InChI=1S/C62H99N21O15/c1-7-33(3)48(58(97)74-32-47(87)88)82-54(93)41(24-17-27-72-62(68)69)78-57(96)44(30-46(85)86)81-59(98)49(34(4)8-2)83-53(92)39(22-15-25-70-60(64)65)76-45(84)31-73-51(90)36(6)75-55(94)42(28-37-18-11-9-12-19-37)80-52(91)40(23-16-26-71-61(66)67)77-56(95)43(79-50(89)35(5)63)29-38-20-13-10-14-21-38/h9-14,18-21,33-36,39-44,48-49H,7-8,15-17,22-32,63H2,1-6H3,(H,73,90)(H,74,97)(H,75,94)(H,76,84)(H,77,95)(H,78,96)(H,79,89)(H,80,91)(H,81,98)(H,82,93)(H,83,92)(H,85,86)(H,87,88)(H4,64,65,70)(H4,66,67,71)(H4,68,69,72)/t33-,34-,35-,36-,39-,40-,41-,42-,43-,44-,48-,49-/m0/s1. The van der Waals surface area contributed by atoms with Gasteiger partial charge in [-0.2, -0.15) is 0 Å². The van der Waals surface area contributed by atoms with Crippen LogP contribution in [0.25, 0.3) is 0 Å². The van der Waals surface area contributed by atoms with Gasteiger partial charge in [-0.25, -0.2) is 0 Å². The van der Waals surface area contributed by atoms with Gasteiger partial charge >= 0.3 is 11.9 Å². The number of benzene rings is 2. The van der Waals surface area contributed by atoms with Crippen molar-refractivity contribution >= 4 is 94.8 Å². The van der Waals surface area contributed by atoms with E-state index in [9.17, 15) is 67.4 Å². The summed E-state index contributed by atoms with van der Waals surface area (Å²) in [6, 6.07) is 3.22. The molecule has 0 fully saturated rings. The topological polar surface area (TPSA) is 614 Å². The number of rotatable bonds is 45. The van der Waals surface area contributed by atoms with E-state index in [0.29, 0.717) is 17.5 Å². The third-order valence-electron chi connectivity index (χ3n) is 15.2. The fourth-order valence-corrected chi connectivity index (χ4v) is 9.33. The van der Waals surface area contributed by atoms with Gasteiger partial charge < -0.3 is 109 Å². The zero-order valence-electron chi connectivity index (χ0n) is 56.1. The molecule has 0 unspecified atom stereocenters. The van der Waals surface area contributed by atoms with Crippen LogP contribution >= 0.6 is 0 Å². The first kappa shape index (κ1) is 83.4. The molecule has 0 saturated heterocycles. The van der Waals surface area contributed by atoms with Crippen molar-refractivity contribution in [3.8, 4) is 0 Å². The number of carbonyl (C=O) groups excluding carboxylic acids is 11. The second kappa shape index (κ2) is 44.1. The van der Waals surface area contributed by atoms with Crippen LogP contribution in [0.4, 0.5) is 0 Å². The van der Waals surface area contributed by atoms with Crippen LogP contribution in [-0.2, 0) is 75.2 Å². The second-order valence-corrected chi connectivity index (χ2v) is 23.3. The molecule has 0 aliphatic rings. The van der Waals surface area contributed by atoms with E-state index in [4.69, 9.17) is 45.2 Å². The van der Waals surface area contributed by atoms with E-state index < -0.39 is 169 Å². The van der Waals surface area contributed by atoms with Crippen molar-refractivity contribution in [2.75, 3.05) is 32.7 Å². The van der Waals surface area contributed by atoms with E-state index in [2.05, 4.69) is 73.5 Å². The van der Waals surface area contributed by atoms with Crippen molar-refractivity contribution in [1.29, 1.82) is 0 Å². The highest BCUT2D eigenvalue weighted by Gasteiger charge is 2.37. The van der Waals surface area contributed by atoms with Gasteiger partial charge in [-0.15, -0.1) is 0 Å². The Balaban J connectivity index is 2.41. The molecule has 36 nitrogen and oxygen atoms in total. The normalized spacial score (nSPS) is 14.5. The fourth-order valence-electron chi connectivity index (χ4n) is 9.33. The summed E-state index contributed by atoms with van der Waals surface area (Å²) >= 11 is 0. The maximum atomic E-state index is 14.3. The Morgan fingerprint density at radius 2 is 0.745 bits per heavy atom. The van der Waals surface area contributed by atoms with Crippen molar-refractivity contribution in [3.05, 3.63) is 71.8 Å². The molecular formula is C62H99N21O15. The Bertz CT molecular complexity index is 3090. The minimum atomic E-state index is -1.90. The molecule has 0 spiro atoms. The van der Waals surface area contributed by atoms with E-state index >= 15 is 0 Å². The third-order valence-corrected chi connectivity index (χ3v) is 15.2.